The maximum Gasteiger partial charge on any atom is 0.0917 e. The number of benzene rings is 2. The molecule has 0 radical (unpaired) electrons. The zero-order valence-electron chi connectivity index (χ0n) is 12.3. The van der Waals surface area contributed by atoms with Crippen LogP contribution < -0.4 is 0 Å². The molecular formula is C18H19Cl2NO. The van der Waals surface area contributed by atoms with Crippen LogP contribution in [0.25, 0.3) is 0 Å². The van der Waals surface area contributed by atoms with Crippen molar-refractivity contribution in [1.82, 2.24) is 4.90 Å². The Kier molecular flexibility index (Phi) is 5.04. The van der Waals surface area contributed by atoms with E-state index in [9.17, 15) is 5.11 Å². The molecule has 2 aromatic carbocycles. The number of nitrogens with zero attached hydrogens (tertiary/aromatic N) is 1. The molecular weight excluding hydrogens is 317 g/mol. The summed E-state index contributed by atoms with van der Waals surface area (Å²) in [5.74, 6) is 0. The fraction of sp³-hybridized carbons (Fsp3) is 0.333. The van der Waals surface area contributed by atoms with Crippen LogP contribution in [0, 0.1) is 0 Å². The highest BCUT2D eigenvalue weighted by Crippen LogP contribution is 2.34. The summed E-state index contributed by atoms with van der Waals surface area (Å²) in [5.41, 5.74) is 2.13. The van der Waals surface area contributed by atoms with Crippen LogP contribution in [0.1, 0.15) is 36.1 Å². The van der Waals surface area contributed by atoms with E-state index in [1.165, 1.54) is 5.56 Å². The monoisotopic (exact) mass is 335 g/mol. The Morgan fingerprint density at radius 1 is 1.09 bits per heavy atom. The van der Waals surface area contributed by atoms with Gasteiger partial charge in [0.1, 0.15) is 0 Å². The molecule has 2 atom stereocenters. The topological polar surface area (TPSA) is 23.5 Å². The first kappa shape index (κ1) is 15.8. The summed E-state index contributed by atoms with van der Waals surface area (Å²) in [6.07, 6.45) is 1.74. The molecule has 1 heterocycles. The first-order valence-corrected chi connectivity index (χ1v) is 8.33. The number of likely N-dealkylation sites (tertiary alicyclic amines) is 1. The summed E-state index contributed by atoms with van der Waals surface area (Å²) in [7, 11) is 0. The van der Waals surface area contributed by atoms with E-state index in [-0.39, 0.29) is 0 Å². The highest BCUT2D eigenvalue weighted by molar-refractivity contribution is 6.42. The second kappa shape index (κ2) is 7.01. The third kappa shape index (κ3) is 3.47. The average Bonchev–Trinajstić information content (AvgIpc) is 2.99. The van der Waals surface area contributed by atoms with Crippen molar-refractivity contribution < 1.29 is 5.11 Å². The van der Waals surface area contributed by atoms with Crippen LogP contribution in [0.2, 0.25) is 10.0 Å². The minimum absolute atomic E-state index is 0.388. The molecule has 1 saturated heterocycles. The number of halogens is 2. The molecule has 2 nitrogen and oxygen atoms in total. The van der Waals surface area contributed by atoms with E-state index in [1.54, 1.807) is 12.1 Å². The van der Waals surface area contributed by atoms with Crippen molar-refractivity contribution in [3.63, 3.8) is 0 Å². The molecule has 0 spiro atoms. The van der Waals surface area contributed by atoms with Gasteiger partial charge < -0.3 is 5.11 Å². The normalized spacial score (nSPS) is 20.2. The van der Waals surface area contributed by atoms with Gasteiger partial charge in [-0.1, -0.05) is 59.6 Å². The lowest BCUT2D eigenvalue weighted by atomic mass is 10.0. The molecule has 116 valence electrons. The molecule has 0 aromatic heterocycles. The minimum Gasteiger partial charge on any atom is -0.387 e. The van der Waals surface area contributed by atoms with Crippen LogP contribution in [0.4, 0.5) is 0 Å². The third-order valence-electron chi connectivity index (χ3n) is 4.28. The van der Waals surface area contributed by atoms with Crippen molar-refractivity contribution in [3.05, 3.63) is 69.7 Å². The highest BCUT2D eigenvalue weighted by atomic mass is 35.5. The number of rotatable bonds is 4. The van der Waals surface area contributed by atoms with Gasteiger partial charge in [0, 0.05) is 12.6 Å². The summed E-state index contributed by atoms with van der Waals surface area (Å²) in [4.78, 5) is 2.35. The van der Waals surface area contributed by atoms with E-state index in [4.69, 9.17) is 23.2 Å². The second-order valence-corrected chi connectivity index (χ2v) is 6.57. The van der Waals surface area contributed by atoms with Gasteiger partial charge in [-0.05, 0) is 42.6 Å². The summed E-state index contributed by atoms with van der Waals surface area (Å²) in [5, 5.41) is 11.5. The Balaban J connectivity index is 1.72. The molecule has 1 aliphatic rings. The Labute approximate surface area is 141 Å². The van der Waals surface area contributed by atoms with Crippen molar-refractivity contribution in [2.45, 2.75) is 25.0 Å². The van der Waals surface area contributed by atoms with E-state index >= 15 is 0 Å². The number of β-amino-alcohol motifs (C(OH)–C–C–N with tert-alkyl or cyclic N) is 1. The second-order valence-electron chi connectivity index (χ2n) is 5.75. The molecule has 22 heavy (non-hydrogen) atoms. The molecule has 1 N–H and O–H groups in total. The maximum atomic E-state index is 10.5. The Morgan fingerprint density at radius 2 is 1.86 bits per heavy atom. The molecule has 0 aliphatic carbocycles. The predicted octanol–water partition coefficient (Wildman–Crippen LogP) is 4.86. The van der Waals surface area contributed by atoms with Gasteiger partial charge in [0.05, 0.1) is 16.1 Å². The third-order valence-corrected chi connectivity index (χ3v) is 5.02. The average molecular weight is 336 g/mol. The quantitative estimate of drug-likeness (QED) is 0.861. The van der Waals surface area contributed by atoms with Crippen LogP contribution in [-0.4, -0.2) is 23.1 Å². The van der Waals surface area contributed by atoms with Crippen LogP contribution in [-0.2, 0) is 0 Å². The van der Waals surface area contributed by atoms with Crippen molar-refractivity contribution in [1.29, 1.82) is 0 Å². The molecule has 2 unspecified atom stereocenters. The first-order valence-electron chi connectivity index (χ1n) is 7.57. The predicted molar refractivity (Wildman–Crippen MR) is 91.4 cm³/mol. The van der Waals surface area contributed by atoms with Gasteiger partial charge in [-0.2, -0.15) is 0 Å². The Hall–Kier alpha value is -1.06. The SMILES string of the molecule is OC(CN1CCCC1c1ccccc1)c1ccc(Cl)c(Cl)c1. The fourth-order valence-corrected chi connectivity index (χ4v) is 3.45. The van der Waals surface area contributed by atoms with Gasteiger partial charge >= 0.3 is 0 Å². The van der Waals surface area contributed by atoms with Gasteiger partial charge in [0.2, 0.25) is 0 Å². The van der Waals surface area contributed by atoms with E-state index in [0.717, 1.165) is 24.9 Å². The van der Waals surface area contributed by atoms with Crippen LogP contribution >= 0.6 is 23.2 Å². The highest BCUT2D eigenvalue weighted by Gasteiger charge is 2.27. The molecule has 0 amide bonds. The lowest BCUT2D eigenvalue weighted by Gasteiger charge is -2.27. The molecule has 0 saturated carbocycles. The van der Waals surface area contributed by atoms with Gasteiger partial charge in [0.15, 0.2) is 0 Å². The van der Waals surface area contributed by atoms with E-state index in [2.05, 4.69) is 29.2 Å². The van der Waals surface area contributed by atoms with Gasteiger partial charge in [-0.3, -0.25) is 4.90 Å². The van der Waals surface area contributed by atoms with Crippen molar-refractivity contribution in [2.75, 3.05) is 13.1 Å². The molecule has 0 bridgehead atoms. The zero-order chi connectivity index (χ0) is 15.5. The summed E-state index contributed by atoms with van der Waals surface area (Å²) < 4.78 is 0. The Morgan fingerprint density at radius 3 is 2.59 bits per heavy atom. The lowest BCUT2D eigenvalue weighted by Crippen LogP contribution is -2.28. The number of aliphatic hydroxyl groups excluding tert-OH is 1. The minimum atomic E-state index is -0.556. The van der Waals surface area contributed by atoms with Crippen LogP contribution in [0.15, 0.2) is 48.5 Å². The largest absolute Gasteiger partial charge is 0.387 e. The molecule has 1 aliphatic heterocycles. The standard InChI is InChI=1S/C18H19Cl2NO/c19-15-9-8-14(11-16(15)20)18(22)12-21-10-4-7-17(21)13-5-2-1-3-6-13/h1-3,5-6,8-9,11,17-18,22H,4,7,10,12H2. The van der Waals surface area contributed by atoms with Gasteiger partial charge in [-0.15, -0.1) is 0 Å². The molecule has 3 rings (SSSR count). The summed E-state index contributed by atoms with van der Waals surface area (Å²) in [6, 6.07) is 16.2. The number of hydrogen-bond donors (Lipinski definition) is 1. The Bertz CT molecular complexity index is 632. The molecule has 1 fully saturated rings. The van der Waals surface area contributed by atoms with Crippen molar-refractivity contribution in [3.8, 4) is 0 Å². The van der Waals surface area contributed by atoms with Crippen LogP contribution in [0.5, 0.6) is 0 Å². The molecule has 4 heteroatoms. The van der Waals surface area contributed by atoms with Crippen molar-refractivity contribution >= 4 is 23.2 Å². The number of aliphatic hydroxyl groups is 1. The van der Waals surface area contributed by atoms with Gasteiger partial charge in [-0.25, -0.2) is 0 Å². The zero-order valence-corrected chi connectivity index (χ0v) is 13.8. The summed E-state index contributed by atoms with van der Waals surface area (Å²) in [6.45, 7) is 1.62. The fourth-order valence-electron chi connectivity index (χ4n) is 3.14. The lowest BCUT2D eigenvalue weighted by molar-refractivity contribution is 0.106. The van der Waals surface area contributed by atoms with E-state index < -0.39 is 6.10 Å². The van der Waals surface area contributed by atoms with E-state index in [1.807, 2.05) is 12.1 Å². The number of hydrogen-bond acceptors (Lipinski definition) is 2. The van der Waals surface area contributed by atoms with Gasteiger partial charge in [0.25, 0.3) is 0 Å². The van der Waals surface area contributed by atoms with E-state index in [0.29, 0.717) is 22.6 Å². The maximum absolute atomic E-state index is 10.5. The van der Waals surface area contributed by atoms with Crippen LogP contribution in [0.3, 0.4) is 0 Å². The van der Waals surface area contributed by atoms with Crippen molar-refractivity contribution in [2.24, 2.45) is 0 Å². The smallest absolute Gasteiger partial charge is 0.0917 e. The summed E-state index contributed by atoms with van der Waals surface area (Å²) >= 11 is 12.0. The first-order chi connectivity index (χ1) is 10.6. The molecule has 2 aromatic rings.